The van der Waals surface area contributed by atoms with Crippen molar-refractivity contribution in [3.8, 4) is 0 Å². The molecule has 3 rings (SSSR count). The zero-order valence-corrected chi connectivity index (χ0v) is 12.3. The first-order valence-electron chi connectivity index (χ1n) is 7.43. The summed E-state index contributed by atoms with van der Waals surface area (Å²) in [6.07, 6.45) is -3.98. The Morgan fingerprint density at radius 2 is 1.87 bits per heavy atom. The number of nitrogens with one attached hydrogen (secondary N) is 1. The summed E-state index contributed by atoms with van der Waals surface area (Å²) in [6.45, 7) is 1.06. The van der Waals surface area contributed by atoms with Crippen molar-refractivity contribution in [3.05, 3.63) is 46.0 Å². The van der Waals surface area contributed by atoms with Gasteiger partial charge in [0.25, 0.3) is 0 Å². The number of aromatic nitrogens is 1. The highest BCUT2D eigenvalue weighted by atomic mass is 19.4. The second-order valence-electron chi connectivity index (χ2n) is 5.94. The predicted octanol–water partition coefficient (Wildman–Crippen LogP) is 3.44. The summed E-state index contributed by atoms with van der Waals surface area (Å²) in [5, 5.41) is 0.268. The van der Waals surface area contributed by atoms with Crippen LogP contribution in [0.5, 0.6) is 0 Å². The van der Waals surface area contributed by atoms with Gasteiger partial charge >= 0.3 is 6.18 Å². The maximum atomic E-state index is 13.2. The van der Waals surface area contributed by atoms with E-state index in [2.05, 4.69) is 4.98 Å². The topological polar surface area (TPSA) is 36.1 Å². The lowest BCUT2D eigenvalue weighted by Crippen LogP contribution is -2.38. The molecule has 3 nitrogen and oxygen atoms in total. The van der Waals surface area contributed by atoms with Gasteiger partial charge < -0.3 is 4.98 Å². The van der Waals surface area contributed by atoms with Gasteiger partial charge in [-0.25, -0.2) is 4.39 Å². The maximum Gasteiger partial charge on any atom is 0.391 e. The molecule has 7 heteroatoms. The highest BCUT2D eigenvalue weighted by Gasteiger charge is 2.40. The van der Waals surface area contributed by atoms with Gasteiger partial charge in [-0.2, -0.15) is 13.2 Å². The van der Waals surface area contributed by atoms with E-state index in [1.165, 1.54) is 24.3 Å². The van der Waals surface area contributed by atoms with E-state index in [-0.39, 0.29) is 23.7 Å². The lowest BCUT2D eigenvalue weighted by atomic mass is 9.96. The van der Waals surface area contributed by atoms with Crippen LogP contribution in [-0.4, -0.2) is 29.1 Å². The van der Waals surface area contributed by atoms with Gasteiger partial charge in [0.2, 0.25) is 0 Å². The van der Waals surface area contributed by atoms with E-state index < -0.39 is 17.9 Å². The van der Waals surface area contributed by atoms with Crippen LogP contribution in [0.25, 0.3) is 10.9 Å². The Balaban J connectivity index is 1.73. The molecule has 0 atom stereocenters. The van der Waals surface area contributed by atoms with Crippen LogP contribution in [0.3, 0.4) is 0 Å². The van der Waals surface area contributed by atoms with Gasteiger partial charge in [-0.3, -0.25) is 9.69 Å². The van der Waals surface area contributed by atoms with Crippen molar-refractivity contribution in [1.82, 2.24) is 9.88 Å². The first-order chi connectivity index (χ1) is 10.8. The molecule has 1 saturated heterocycles. The van der Waals surface area contributed by atoms with Gasteiger partial charge in [-0.15, -0.1) is 0 Å². The molecule has 2 heterocycles. The van der Waals surface area contributed by atoms with Crippen molar-refractivity contribution in [2.75, 3.05) is 13.1 Å². The van der Waals surface area contributed by atoms with Gasteiger partial charge in [0.1, 0.15) is 5.82 Å². The molecule has 0 aliphatic carbocycles. The first-order valence-corrected chi connectivity index (χ1v) is 7.43. The van der Waals surface area contributed by atoms with Crippen molar-refractivity contribution >= 4 is 10.9 Å². The average molecular weight is 328 g/mol. The highest BCUT2D eigenvalue weighted by molar-refractivity contribution is 5.78. The number of benzene rings is 1. The molecule has 1 fully saturated rings. The van der Waals surface area contributed by atoms with Crippen LogP contribution in [0, 0.1) is 11.7 Å². The summed E-state index contributed by atoms with van der Waals surface area (Å²) in [7, 11) is 0. The summed E-state index contributed by atoms with van der Waals surface area (Å²) in [6, 6.07) is 5.31. The van der Waals surface area contributed by atoms with Crippen molar-refractivity contribution < 1.29 is 17.6 Å². The largest absolute Gasteiger partial charge is 0.391 e. The van der Waals surface area contributed by atoms with Gasteiger partial charge in [-0.1, -0.05) is 0 Å². The normalized spacial score (nSPS) is 17.7. The number of piperidine rings is 1. The molecule has 0 spiro atoms. The molecule has 1 aliphatic heterocycles. The summed E-state index contributed by atoms with van der Waals surface area (Å²) < 4.78 is 51.1. The number of fused-ring (bicyclic) bond motifs is 1. The molecule has 0 unspecified atom stereocenters. The van der Waals surface area contributed by atoms with Crippen LogP contribution >= 0.6 is 0 Å². The number of hydrogen-bond donors (Lipinski definition) is 1. The number of likely N-dealkylation sites (tertiary alicyclic amines) is 1. The zero-order valence-electron chi connectivity index (χ0n) is 12.3. The number of halogens is 4. The average Bonchev–Trinajstić information content (AvgIpc) is 2.48. The maximum absolute atomic E-state index is 13.2. The Hall–Kier alpha value is -1.89. The Morgan fingerprint density at radius 3 is 2.52 bits per heavy atom. The third-order valence-electron chi connectivity index (χ3n) is 4.29. The molecule has 1 N–H and O–H groups in total. The number of alkyl halides is 3. The summed E-state index contributed by atoms with van der Waals surface area (Å²) in [5.74, 6) is -1.72. The zero-order chi connectivity index (χ0) is 16.6. The smallest absolute Gasteiger partial charge is 0.357 e. The summed E-state index contributed by atoms with van der Waals surface area (Å²) >= 11 is 0. The quantitative estimate of drug-likeness (QED) is 0.857. The van der Waals surface area contributed by atoms with E-state index in [1.807, 2.05) is 4.90 Å². The van der Waals surface area contributed by atoms with Crippen LogP contribution in [0.2, 0.25) is 0 Å². The second kappa shape index (κ2) is 5.96. The Labute approximate surface area is 129 Å². The lowest BCUT2D eigenvalue weighted by molar-refractivity contribution is -0.185. The number of pyridine rings is 1. The number of H-pyrrole nitrogens is 1. The van der Waals surface area contributed by atoms with E-state index in [9.17, 15) is 22.4 Å². The monoisotopic (exact) mass is 328 g/mol. The molecule has 1 aliphatic rings. The molecule has 2 aromatic rings. The fourth-order valence-corrected chi connectivity index (χ4v) is 3.02. The molecular weight excluding hydrogens is 312 g/mol. The van der Waals surface area contributed by atoms with E-state index in [0.29, 0.717) is 30.8 Å². The molecule has 124 valence electrons. The molecule has 0 amide bonds. The van der Waals surface area contributed by atoms with Crippen LogP contribution in [-0.2, 0) is 6.54 Å². The Bertz CT molecular complexity index is 761. The van der Waals surface area contributed by atoms with Gasteiger partial charge in [0.05, 0.1) is 5.92 Å². The lowest BCUT2D eigenvalue weighted by Gasteiger charge is -2.32. The molecule has 1 aromatic heterocycles. The van der Waals surface area contributed by atoms with E-state index in [0.717, 1.165) is 0 Å². The fourth-order valence-electron chi connectivity index (χ4n) is 3.02. The standard InChI is InChI=1S/C16H16F4N2O/c17-11-1-2-14-13(7-11)15(23)8-12(21-14)9-22-5-3-10(4-6-22)16(18,19)20/h1-2,7-8,10H,3-6,9H2,(H,21,23). The molecule has 0 bridgehead atoms. The predicted molar refractivity (Wildman–Crippen MR) is 78.6 cm³/mol. The minimum absolute atomic E-state index is 0.0759. The third kappa shape index (κ3) is 3.55. The summed E-state index contributed by atoms with van der Waals surface area (Å²) in [4.78, 5) is 17.0. The Morgan fingerprint density at radius 1 is 1.17 bits per heavy atom. The van der Waals surface area contributed by atoms with E-state index >= 15 is 0 Å². The second-order valence-corrected chi connectivity index (χ2v) is 5.94. The summed E-state index contributed by atoms with van der Waals surface area (Å²) in [5.41, 5.74) is 0.858. The molecule has 23 heavy (non-hydrogen) atoms. The number of rotatable bonds is 2. The van der Waals surface area contributed by atoms with Gasteiger partial charge in [0.15, 0.2) is 5.43 Å². The third-order valence-corrected chi connectivity index (χ3v) is 4.29. The first kappa shape index (κ1) is 16.0. The molecule has 0 radical (unpaired) electrons. The molecule has 1 aromatic carbocycles. The van der Waals surface area contributed by atoms with Crippen molar-refractivity contribution in [3.63, 3.8) is 0 Å². The molecular formula is C16H16F4N2O. The van der Waals surface area contributed by atoms with Crippen molar-refractivity contribution in [2.45, 2.75) is 25.6 Å². The van der Waals surface area contributed by atoms with E-state index in [4.69, 9.17) is 0 Å². The molecule has 0 saturated carbocycles. The van der Waals surface area contributed by atoms with Crippen molar-refractivity contribution in [1.29, 1.82) is 0 Å². The van der Waals surface area contributed by atoms with E-state index in [1.54, 1.807) is 0 Å². The minimum Gasteiger partial charge on any atom is -0.357 e. The van der Waals surface area contributed by atoms with Crippen LogP contribution in [0.4, 0.5) is 17.6 Å². The van der Waals surface area contributed by atoms with Crippen LogP contribution in [0.15, 0.2) is 29.1 Å². The van der Waals surface area contributed by atoms with Gasteiger partial charge in [0, 0.05) is 29.2 Å². The van der Waals surface area contributed by atoms with Crippen LogP contribution in [0.1, 0.15) is 18.5 Å². The number of nitrogens with zero attached hydrogens (tertiary/aromatic N) is 1. The van der Waals surface area contributed by atoms with Gasteiger partial charge in [-0.05, 0) is 44.1 Å². The van der Waals surface area contributed by atoms with Crippen molar-refractivity contribution in [2.24, 2.45) is 5.92 Å². The number of aromatic amines is 1. The number of hydrogen-bond acceptors (Lipinski definition) is 2. The Kier molecular flexibility index (Phi) is 4.14. The SMILES string of the molecule is O=c1cc(CN2CCC(C(F)(F)F)CC2)[nH]c2ccc(F)cc12. The highest BCUT2D eigenvalue weighted by Crippen LogP contribution is 2.34. The van der Waals surface area contributed by atoms with Crippen LogP contribution < -0.4 is 5.43 Å². The minimum atomic E-state index is -4.13. The fraction of sp³-hybridized carbons (Fsp3) is 0.438.